The van der Waals surface area contributed by atoms with E-state index < -0.39 is 0 Å². The highest BCUT2D eigenvalue weighted by Crippen LogP contribution is 2.08. The molecule has 0 aliphatic heterocycles. The second-order valence-corrected chi connectivity index (χ2v) is 1.90. The van der Waals surface area contributed by atoms with Crippen LogP contribution in [-0.2, 0) is 0 Å². The molecule has 8 nitrogen and oxygen atoms in total. The second-order valence-electron chi connectivity index (χ2n) is 1.90. The van der Waals surface area contributed by atoms with Crippen molar-refractivity contribution in [3.8, 4) is 0 Å². The summed E-state index contributed by atoms with van der Waals surface area (Å²) >= 11 is 0. The van der Waals surface area contributed by atoms with Gasteiger partial charge in [0.25, 0.3) is 0 Å². The van der Waals surface area contributed by atoms with E-state index in [9.17, 15) is 0 Å². The zero-order valence-corrected chi connectivity index (χ0v) is 5.73. The molecular weight excluding hydrogens is 160 g/mol. The number of hydrogen-bond donors (Lipinski definition) is 0. The van der Waals surface area contributed by atoms with Crippen LogP contribution in [0.2, 0.25) is 0 Å². The van der Waals surface area contributed by atoms with Crippen molar-refractivity contribution in [1.29, 1.82) is 0 Å². The van der Waals surface area contributed by atoms with E-state index in [0.29, 0.717) is 5.65 Å². The molecule has 2 aromatic rings. The van der Waals surface area contributed by atoms with E-state index in [4.69, 9.17) is 5.53 Å². The summed E-state index contributed by atoms with van der Waals surface area (Å²) in [6.07, 6.45) is 2.85. The summed E-state index contributed by atoms with van der Waals surface area (Å²) in [5.74, 6) is 0.264. The maximum Gasteiger partial charge on any atom is 0.197 e. The summed E-state index contributed by atoms with van der Waals surface area (Å²) in [5, 5.41) is 13.9. The summed E-state index contributed by atoms with van der Waals surface area (Å²) in [7, 11) is 0. The normalized spacial score (nSPS) is 9.67. The fraction of sp³-hybridized carbons (Fsp3) is 0. The van der Waals surface area contributed by atoms with E-state index >= 15 is 0 Å². The molecular formula is C4H2N8. The highest BCUT2D eigenvalue weighted by molar-refractivity contribution is 5.39. The highest BCUT2D eigenvalue weighted by atomic mass is 15.5. The van der Waals surface area contributed by atoms with Gasteiger partial charge >= 0.3 is 0 Å². The number of nitrogens with zero attached hydrogens (tertiary/aromatic N) is 8. The Morgan fingerprint density at radius 1 is 1.50 bits per heavy atom. The van der Waals surface area contributed by atoms with Crippen LogP contribution in [0.15, 0.2) is 17.5 Å². The number of fused-ring (bicyclic) bond motifs is 1. The van der Waals surface area contributed by atoms with Crippen LogP contribution in [0, 0.1) is 0 Å². The Kier molecular flexibility index (Phi) is 1.32. The van der Waals surface area contributed by atoms with Gasteiger partial charge in [0.15, 0.2) is 11.5 Å². The van der Waals surface area contributed by atoms with Crippen LogP contribution in [0.1, 0.15) is 0 Å². The molecule has 2 rings (SSSR count). The minimum atomic E-state index is 0.264. The maximum absolute atomic E-state index is 8.17. The van der Waals surface area contributed by atoms with Crippen LogP contribution >= 0.6 is 0 Å². The first kappa shape index (κ1) is 6.50. The Balaban J connectivity index is 2.81. The van der Waals surface area contributed by atoms with Crippen LogP contribution in [0.3, 0.4) is 0 Å². The van der Waals surface area contributed by atoms with Gasteiger partial charge in [0.1, 0.15) is 0 Å². The fourth-order valence-corrected chi connectivity index (χ4v) is 0.777. The molecule has 0 bridgehead atoms. The average molecular weight is 162 g/mol. The number of azide groups is 1. The molecule has 0 aliphatic carbocycles. The van der Waals surface area contributed by atoms with E-state index in [1.165, 1.54) is 16.9 Å². The first-order valence-electron chi connectivity index (χ1n) is 2.99. The van der Waals surface area contributed by atoms with E-state index in [1.54, 1.807) is 0 Å². The summed E-state index contributed by atoms with van der Waals surface area (Å²) < 4.78 is 1.30. The van der Waals surface area contributed by atoms with Crippen molar-refractivity contribution in [2.75, 3.05) is 0 Å². The smallest absolute Gasteiger partial charge is 0.197 e. The molecule has 0 fully saturated rings. The van der Waals surface area contributed by atoms with Crippen molar-refractivity contribution in [1.82, 2.24) is 25.0 Å². The quantitative estimate of drug-likeness (QED) is 0.345. The van der Waals surface area contributed by atoms with Crippen LogP contribution in [0.4, 0.5) is 5.82 Å². The third-order valence-corrected chi connectivity index (χ3v) is 1.24. The Morgan fingerprint density at radius 2 is 2.42 bits per heavy atom. The molecule has 0 unspecified atom stereocenters. The summed E-state index contributed by atoms with van der Waals surface area (Å²) in [5.41, 5.74) is 8.61. The van der Waals surface area contributed by atoms with Gasteiger partial charge in [0.05, 0.1) is 12.4 Å². The van der Waals surface area contributed by atoms with Crippen molar-refractivity contribution >= 4 is 11.5 Å². The van der Waals surface area contributed by atoms with Gasteiger partial charge < -0.3 is 0 Å². The molecule has 0 radical (unpaired) electrons. The standard InChI is InChI=1S/C4H2N8/c5-9-7-3-1-6-2-4-8-10-11-12(3)4/h1-2H. The van der Waals surface area contributed by atoms with Gasteiger partial charge in [-0.3, -0.25) is 4.98 Å². The van der Waals surface area contributed by atoms with E-state index in [0.717, 1.165) is 0 Å². The number of hydrogen-bond acceptors (Lipinski definition) is 5. The Labute approximate surface area is 65.5 Å². The molecule has 0 N–H and O–H groups in total. The predicted octanol–water partition coefficient (Wildman–Crippen LogP) is 0.461. The van der Waals surface area contributed by atoms with Crippen LogP contribution in [0.5, 0.6) is 0 Å². The third-order valence-electron chi connectivity index (χ3n) is 1.24. The van der Waals surface area contributed by atoms with Gasteiger partial charge in [-0.1, -0.05) is 0 Å². The molecule has 0 amide bonds. The van der Waals surface area contributed by atoms with E-state index in [2.05, 4.69) is 30.5 Å². The Morgan fingerprint density at radius 3 is 3.25 bits per heavy atom. The van der Waals surface area contributed by atoms with Crippen molar-refractivity contribution in [2.45, 2.75) is 0 Å². The molecule has 0 aliphatic rings. The third kappa shape index (κ3) is 0.831. The molecule has 2 aromatic heterocycles. The first-order valence-corrected chi connectivity index (χ1v) is 2.99. The number of tetrazole rings is 1. The van der Waals surface area contributed by atoms with Crippen molar-refractivity contribution < 1.29 is 0 Å². The lowest BCUT2D eigenvalue weighted by Gasteiger charge is -1.91. The molecule has 2 heterocycles. The molecule has 0 saturated heterocycles. The minimum absolute atomic E-state index is 0.264. The summed E-state index contributed by atoms with van der Waals surface area (Å²) in [4.78, 5) is 6.38. The van der Waals surface area contributed by atoms with Gasteiger partial charge in [0, 0.05) is 4.91 Å². The summed E-state index contributed by atoms with van der Waals surface area (Å²) in [6.45, 7) is 0. The van der Waals surface area contributed by atoms with Crippen molar-refractivity contribution in [2.24, 2.45) is 5.11 Å². The molecule has 12 heavy (non-hydrogen) atoms. The summed E-state index contributed by atoms with van der Waals surface area (Å²) in [6, 6.07) is 0. The van der Waals surface area contributed by atoms with Crippen molar-refractivity contribution in [3.63, 3.8) is 0 Å². The number of aromatic nitrogens is 5. The zero-order chi connectivity index (χ0) is 8.39. The molecule has 0 spiro atoms. The molecule has 0 saturated carbocycles. The fourth-order valence-electron chi connectivity index (χ4n) is 0.777. The van der Waals surface area contributed by atoms with Crippen LogP contribution in [-0.4, -0.2) is 25.0 Å². The first-order chi connectivity index (χ1) is 5.92. The molecule has 0 aromatic carbocycles. The maximum atomic E-state index is 8.17. The lowest BCUT2D eigenvalue weighted by Crippen LogP contribution is -1.88. The minimum Gasteiger partial charge on any atom is -0.259 e. The molecule has 8 heteroatoms. The van der Waals surface area contributed by atoms with Gasteiger partial charge in [-0.05, 0) is 21.1 Å². The van der Waals surface area contributed by atoms with E-state index in [-0.39, 0.29) is 5.82 Å². The van der Waals surface area contributed by atoms with Gasteiger partial charge in [-0.2, -0.15) is 4.52 Å². The largest absolute Gasteiger partial charge is 0.259 e. The lowest BCUT2D eigenvalue weighted by atomic mass is 10.6. The predicted molar refractivity (Wildman–Crippen MR) is 37.4 cm³/mol. The Hall–Kier alpha value is -2.21. The van der Waals surface area contributed by atoms with Gasteiger partial charge in [-0.25, -0.2) is 0 Å². The van der Waals surface area contributed by atoms with Crippen molar-refractivity contribution in [3.05, 3.63) is 22.8 Å². The topological polar surface area (TPSA) is 105 Å². The number of rotatable bonds is 1. The second kappa shape index (κ2) is 2.44. The van der Waals surface area contributed by atoms with Gasteiger partial charge in [-0.15, -0.1) is 5.10 Å². The van der Waals surface area contributed by atoms with E-state index in [1.807, 2.05) is 0 Å². The highest BCUT2D eigenvalue weighted by Gasteiger charge is 1.99. The molecule has 58 valence electrons. The monoisotopic (exact) mass is 162 g/mol. The zero-order valence-electron chi connectivity index (χ0n) is 5.73. The lowest BCUT2D eigenvalue weighted by molar-refractivity contribution is 0.820. The average Bonchev–Trinajstić information content (AvgIpc) is 2.53. The Bertz CT molecular complexity index is 451. The molecule has 0 atom stereocenters. The van der Waals surface area contributed by atoms with Crippen LogP contribution in [0.25, 0.3) is 16.1 Å². The van der Waals surface area contributed by atoms with Crippen LogP contribution < -0.4 is 0 Å². The SMILES string of the molecule is [N-]=[N+]=Nc1cncc2nnnn12. The van der Waals surface area contributed by atoms with Gasteiger partial charge in [0.2, 0.25) is 0 Å².